The summed E-state index contributed by atoms with van der Waals surface area (Å²) >= 11 is 0. The van der Waals surface area contributed by atoms with Gasteiger partial charge in [-0.3, -0.25) is 4.98 Å². The number of halogens is 2. The summed E-state index contributed by atoms with van der Waals surface area (Å²) in [7, 11) is -2.33. The molecule has 2 aromatic carbocycles. The molecular weight excluding hydrogens is 582 g/mol. The molecule has 6 rings (SSSR count). The fourth-order valence-corrected chi connectivity index (χ4v) is 8.54. The number of aromatic nitrogens is 3. The topological polar surface area (TPSA) is 77.3 Å². The number of nitrogens with zero attached hydrogens (tertiary/aromatic N) is 4. The monoisotopic (exact) mass is 616 g/mol. The van der Waals surface area contributed by atoms with Crippen molar-refractivity contribution in [2.45, 2.75) is 37.2 Å². The van der Waals surface area contributed by atoms with Gasteiger partial charge in [-0.2, -0.15) is 9.40 Å². The Morgan fingerprint density at radius 1 is 1.07 bits per heavy atom. The molecule has 1 saturated heterocycles. The lowest BCUT2D eigenvalue weighted by molar-refractivity contribution is -0.0201. The first-order chi connectivity index (χ1) is 21.0. The fraction of sp³-hybridized carbons (Fsp3) is 0.294. The lowest BCUT2D eigenvalue weighted by Gasteiger charge is -2.36. The Kier molecular flexibility index (Phi) is 7.63. The minimum Gasteiger partial charge on any atom is -0.373 e. The third kappa shape index (κ3) is 5.00. The first-order valence-electron chi connectivity index (χ1n) is 14.4. The summed E-state index contributed by atoms with van der Waals surface area (Å²) in [6, 6.07) is 17.1. The highest BCUT2D eigenvalue weighted by Gasteiger charge is 2.62. The number of sulfonamides is 1. The average molecular weight is 617 g/mol. The zero-order chi connectivity index (χ0) is 31.3. The summed E-state index contributed by atoms with van der Waals surface area (Å²) in [6.07, 6.45) is 7.02. The fourth-order valence-electron chi connectivity index (χ4n) is 7.01. The van der Waals surface area contributed by atoms with Crippen LogP contribution in [0.3, 0.4) is 0 Å². The Balaban J connectivity index is 1.42. The molecule has 0 bridgehead atoms. The normalized spacial score (nSPS) is 24.0. The van der Waals surface area contributed by atoms with Gasteiger partial charge in [0.1, 0.15) is 16.5 Å². The zero-order valence-corrected chi connectivity index (χ0v) is 25.7. The number of benzene rings is 2. The van der Waals surface area contributed by atoms with E-state index in [-0.39, 0.29) is 29.7 Å². The van der Waals surface area contributed by atoms with Crippen molar-refractivity contribution in [1.29, 1.82) is 0 Å². The maximum Gasteiger partial charge on any atom is 0.244 e. The minimum atomic E-state index is -4.03. The Morgan fingerprint density at radius 3 is 2.48 bits per heavy atom. The van der Waals surface area contributed by atoms with Crippen molar-refractivity contribution in [2.24, 2.45) is 11.3 Å². The molecule has 0 spiro atoms. The van der Waals surface area contributed by atoms with Gasteiger partial charge in [0.25, 0.3) is 0 Å². The van der Waals surface area contributed by atoms with E-state index in [1.807, 2.05) is 50.3 Å². The van der Waals surface area contributed by atoms with E-state index in [0.29, 0.717) is 18.5 Å². The number of rotatable bonds is 8. The lowest BCUT2D eigenvalue weighted by Crippen LogP contribution is -2.37. The molecule has 3 atom stereocenters. The molecule has 3 heterocycles. The van der Waals surface area contributed by atoms with Gasteiger partial charge in [-0.25, -0.2) is 21.9 Å². The molecule has 1 saturated carbocycles. The van der Waals surface area contributed by atoms with Crippen LogP contribution in [0.4, 0.5) is 8.78 Å². The molecule has 2 aromatic heterocycles. The molecule has 7 nitrogen and oxygen atoms in total. The first kappa shape index (κ1) is 30.1. The van der Waals surface area contributed by atoms with Crippen molar-refractivity contribution in [3.8, 4) is 5.69 Å². The number of allylic oxidation sites excluding steroid dienone is 1. The van der Waals surface area contributed by atoms with Gasteiger partial charge in [0.2, 0.25) is 10.0 Å². The molecule has 0 N–H and O–H groups in total. The van der Waals surface area contributed by atoms with Gasteiger partial charge in [-0.15, -0.1) is 0 Å². The summed E-state index contributed by atoms with van der Waals surface area (Å²) in [5.41, 5.74) is 3.84. The van der Waals surface area contributed by atoms with Gasteiger partial charge < -0.3 is 4.74 Å². The molecular formula is C34H34F2N4O3S. The number of hydrogen-bond donors (Lipinski definition) is 0. The zero-order valence-electron chi connectivity index (χ0n) is 24.9. The van der Waals surface area contributed by atoms with E-state index >= 15 is 0 Å². The molecule has 44 heavy (non-hydrogen) atoms. The van der Waals surface area contributed by atoms with E-state index in [9.17, 15) is 17.2 Å². The highest BCUT2D eigenvalue weighted by Crippen LogP contribution is 2.62. The van der Waals surface area contributed by atoms with Crippen LogP contribution in [0.25, 0.3) is 11.8 Å². The van der Waals surface area contributed by atoms with E-state index in [1.165, 1.54) is 22.6 Å². The number of ether oxygens (including phenoxy) is 1. The molecule has 1 aliphatic carbocycles. The molecule has 4 aromatic rings. The second-order valence-electron chi connectivity index (χ2n) is 11.8. The second-order valence-corrected chi connectivity index (χ2v) is 13.8. The third-order valence-corrected chi connectivity index (χ3v) is 11.1. The number of hydrogen-bond acceptors (Lipinski definition) is 5. The van der Waals surface area contributed by atoms with Gasteiger partial charge in [0.05, 0.1) is 29.4 Å². The second kappa shape index (κ2) is 11.2. The summed E-state index contributed by atoms with van der Waals surface area (Å²) in [5.74, 6) is -1.17. The largest absolute Gasteiger partial charge is 0.373 e. The Labute approximate surface area is 256 Å². The standard InChI is InChI=1S/C34H34F2N4O3S/c1-23(14-32-24(2)17-38-40(32)30-12-10-28(35)11-13-30)25(3)33-21-34(43-4,26-8-6-5-7-9-26)16-27(33)20-39(22-33)44(41,42)31-15-29(36)18-37-19-31/h5-15,17-19,27H,3,16,20-22H2,1-2,4H3/b23-14-/t27-,33+,34-/m1/s1. The number of pyridine rings is 1. The van der Waals surface area contributed by atoms with E-state index in [2.05, 4.69) is 16.7 Å². The third-order valence-electron chi connectivity index (χ3n) is 9.35. The maximum absolute atomic E-state index is 14.0. The van der Waals surface area contributed by atoms with Crippen LogP contribution in [0.2, 0.25) is 0 Å². The molecule has 2 fully saturated rings. The molecule has 228 valence electrons. The summed E-state index contributed by atoms with van der Waals surface area (Å²) in [6.45, 7) is 8.91. The van der Waals surface area contributed by atoms with E-state index < -0.39 is 26.9 Å². The molecule has 10 heteroatoms. The molecule has 1 aliphatic heterocycles. The van der Waals surface area contributed by atoms with Gasteiger partial charge >= 0.3 is 0 Å². The number of fused-ring (bicyclic) bond motifs is 1. The average Bonchev–Trinajstić information content (AvgIpc) is 3.67. The van der Waals surface area contributed by atoms with Crippen LogP contribution >= 0.6 is 0 Å². The van der Waals surface area contributed by atoms with Crippen LogP contribution in [0, 0.1) is 29.9 Å². The smallest absolute Gasteiger partial charge is 0.244 e. The van der Waals surface area contributed by atoms with E-state index in [0.717, 1.165) is 40.2 Å². The van der Waals surface area contributed by atoms with Crippen molar-refractivity contribution in [2.75, 3.05) is 20.2 Å². The van der Waals surface area contributed by atoms with Crippen LogP contribution in [-0.4, -0.2) is 47.7 Å². The number of methoxy groups -OCH3 is 1. The molecule has 2 aliphatic rings. The Hall–Kier alpha value is -3.99. The highest BCUT2D eigenvalue weighted by atomic mass is 32.2. The minimum absolute atomic E-state index is 0.127. The van der Waals surface area contributed by atoms with Gasteiger partial charge in [-0.1, -0.05) is 36.9 Å². The Bertz CT molecular complexity index is 1860. The van der Waals surface area contributed by atoms with Gasteiger partial charge in [0, 0.05) is 31.8 Å². The van der Waals surface area contributed by atoms with Crippen molar-refractivity contribution < 1.29 is 21.9 Å². The first-order valence-corrected chi connectivity index (χ1v) is 15.8. The van der Waals surface area contributed by atoms with E-state index in [1.54, 1.807) is 30.1 Å². The van der Waals surface area contributed by atoms with Crippen molar-refractivity contribution in [3.63, 3.8) is 0 Å². The summed E-state index contributed by atoms with van der Waals surface area (Å²) in [4.78, 5) is 3.61. The van der Waals surface area contributed by atoms with Crippen molar-refractivity contribution in [1.82, 2.24) is 19.1 Å². The predicted octanol–water partition coefficient (Wildman–Crippen LogP) is 6.46. The van der Waals surface area contributed by atoms with Crippen LogP contribution < -0.4 is 0 Å². The molecule has 0 unspecified atom stereocenters. The van der Waals surface area contributed by atoms with Crippen LogP contribution in [0.1, 0.15) is 36.6 Å². The summed E-state index contributed by atoms with van der Waals surface area (Å²) < 4.78 is 64.7. The SMILES string of the molecule is C=C(/C(C)=C\c1c(C)cnn1-c1ccc(F)cc1)[C@]12CN(S(=O)(=O)c3cncc(F)c3)C[C@H]1C[C@](OC)(c1ccccc1)C2. The van der Waals surface area contributed by atoms with Gasteiger partial charge in [0.15, 0.2) is 0 Å². The predicted molar refractivity (Wildman–Crippen MR) is 164 cm³/mol. The quantitative estimate of drug-likeness (QED) is 0.213. The lowest BCUT2D eigenvalue weighted by atomic mass is 9.71. The van der Waals surface area contributed by atoms with E-state index in [4.69, 9.17) is 4.74 Å². The highest BCUT2D eigenvalue weighted by molar-refractivity contribution is 7.89. The van der Waals surface area contributed by atoms with Crippen molar-refractivity contribution >= 4 is 16.1 Å². The van der Waals surface area contributed by atoms with Crippen LogP contribution in [0.15, 0.2) is 102 Å². The van der Waals surface area contributed by atoms with Crippen LogP contribution in [-0.2, 0) is 20.4 Å². The molecule has 0 amide bonds. The maximum atomic E-state index is 14.0. The van der Waals surface area contributed by atoms with Gasteiger partial charge in [-0.05, 0) is 91.3 Å². The van der Waals surface area contributed by atoms with Crippen molar-refractivity contribution in [3.05, 3.63) is 125 Å². The summed E-state index contributed by atoms with van der Waals surface area (Å²) in [5, 5.41) is 4.53. The Morgan fingerprint density at radius 2 is 1.80 bits per heavy atom. The number of aryl methyl sites for hydroxylation is 1. The van der Waals surface area contributed by atoms with Crippen LogP contribution in [0.5, 0.6) is 0 Å². The molecule has 0 radical (unpaired) electrons.